The zero-order chi connectivity index (χ0) is 16.5. The van der Waals surface area contributed by atoms with E-state index in [2.05, 4.69) is 37.1 Å². The molecule has 0 unspecified atom stereocenters. The van der Waals surface area contributed by atoms with Gasteiger partial charge >= 0.3 is 0 Å². The number of ether oxygens (including phenoxy) is 1. The van der Waals surface area contributed by atoms with Gasteiger partial charge in [-0.25, -0.2) is 4.98 Å². The normalized spacial score (nSPS) is 11.1. The molecule has 1 N–H and O–H groups in total. The molecule has 0 spiro atoms. The average Bonchev–Trinajstić information content (AvgIpc) is 3.20. The van der Waals surface area contributed by atoms with Crippen LogP contribution in [0.4, 0.5) is 0 Å². The van der Waals surface area contributed by atoms with Crippen molar-refractivity contribution in [2.45, 2.75) is 6.54 Å². The molecule has 24 heavy (non-hydrogen) atoms. The lowest BCUT2D eigenvalue weighted by Gasteiger charge is -2.10. The zero-order valence-corrected chi connectivity index (χ0v) is 14.6. The van der Waals surface area contributed by atoms with E-state index in [1.54, 1.807) is 13.3 Å². The molecule has 5 nitrogen and oxygen atoms in total. The summed E-state index contributed by atoms with van der Waals surface area (Å²) in [5, 5.41) is 4.31. The molecule has 120 valence electrons. The van der Waals surface area contributed by atoms with Crippen LogP contribution in [0.2, 0.25) is 0 Å². The maximum atomic E-state index is 5.49. The van der Waals surface area contributed by atoms with E-state index in [1.807, 2.05) is 47.3 Å². The summed E-state index contributed by atoms with van der Waals surface area (Å²) in [6.45, 7) is 0.628. The van der Waals surface area contributed by atoms with Crippen LogP contribution >= 0.6 is 15.9 Å². The van der Waals surface area contributed by atoms with E-state index < -0.39 is 0 Å². The molecule has 0 atom stereocenters. The summed E-state index contributed by atoms with van der Waals surface area (Å²) in [7, 11) is 1.68. The molecule has 0 bridgehead atoms. The number of aromatic amines is 1. The molecule has 2 heterocycles. The van der Waals surface area contributed by atoms with E-state index >= 15 is 0 Å². The lowest BCUT2D eigenvalue weighted by atomic mass is 10.1. The first-order valence-corrected chi connectivity index (χ1v) is 8.32. The molecule has 4 rings (SSSR count). The first-order valence-electron chi connectivity index (χ1n) is 7.53. The highest BCUT2D eigenvalue weighted by atomic mass is 79.9. The quantitative estimate of drug-likeness (QED) is 0.573. The summed E-state index contributed by atoms with van der Waals surface area (Å²) in [6, 6.07) is 14.1. The summed E-state index contributed by atoms with van der Waals surface area (Å²) in [6.07, 6.45) is 3.71. The minimum Gasteiger partial charge on any atom is -0.496 e. The largest absolute Gasteiger partial charge is 0.496 e. The molecule has 0 radical (unpaired) electrons. The van der Waals surface area contributed by atoms with Gasteiger partial charge in [-0.1, -0.05) is 12.1 Å². The third-order valence-corrected chi connectivity index (χ3v) is 4.29. The first kappa shape index (κ1) is 15.0. The third-order valence-electron chi connectivity index (χ3n) is 3.88. The Morgan fingerprint density at radius 3 is 2.83 bits per heavy atom. The lowest BCUT2D eigenvalue weighted by Crippen LogP contribution is -2.02. The van der Waals surface area contributed by atoms with Gasteiger partial charge in [0.15, 0.2) is 0 Å². The zero-order valence-electron chi connectivity index (χ0n) is 13.0. The highest BCUT2D eigenvalue weighted by molar-refractivity contribution is 9.10. The van der Waals surface area contributed by atoms with Crippen LogP contribution in [-0.2, 0) is 6.54 Å². The summed E-state index contributed by atoms with van der Waals surface area (Å²) in [5.41, 5.74) is 4.06. The number of benzene rings is 2. The number of para-hydroxylation sites is 2. The fraction of sp³-hybridized carbons (Fsp3) is 0.111. The van der Waals surface area contributed by atoms with Gasteiger partial charge in [0.05, 0.1) is 35.4 Å². The summed E-state index contributed by atoms with van der Waals surface area (Å²) in [4.78, 5) is 8.03. The Kier molecular flexibility index (Phi) is 3.82. The van der Waals surface area contributed by atoms with Gasteiger partial charge in [-0.3, -0.25) is 4.68 Å². The molecule has 0 fully saturated rings. The van der Waals surface area contributed by atoms with Gasteiger partial charge in [-0.05, 0) is 46.3 Å². The Morgan fingerprint density at radius 1 is 1.21 bits per heavy atom. The van der Waals surface area contributed by atoms with E-state index in [9.17, 15) is 0 Å². The molecular weight excluding hydrogens is 368 g/mol. The molecule has 2 aromatic heterocycles. The SMILES string of the molecule is COc1ccc(-c2nc3ccccc3[nH]2)cc1Cn1cc(Br)cn1. The van der Waals surface area contributed by atoms with Gasteiger partial charge in [0.2, 0.25) is 0 Å². The molecule has 0 saturated carbocycles. The number of fused-ring (bicyclic) bond motifs is 1. The topological polar surface area (TPSA) is 55.7 Å². The number of hydrogen-bond acceptors (Lipinski definition) is 3. The maximum Gasteiger partial charge on any atom is 0.138 e. The van der Waals surface area contributed by atoms with E-state index in [-0.39, 0.29) is 0 Å². The molecule has 0 aliphatic rings. The highest BCUT2D eigenvalue weighted by Crippen LogP contribution is 2.27. The molecule has 0 saturated heterocycles. The fourth-order valence-corrected chi connectivity index (χ4v) is 3.07. The van der Waals surface area contributed by atoms with Crippen LogP contribution in [-0.4, -0.2) is 26.9 Å². The number of rotatable bonds is 4. The van der Waals surface area contributed by atoms with E-state index in [0.717, 1.165) is 38.2 Å². The third kappa shape index (κ3) is 2.80. The molecule has 0 aliphatic carbocycles. The van der Waals surface area contributed by atoms with Crippen LogP contribution in [0.5, 0.6) is 5.75 Å². The van der Waals surface area contributed by atoms with Gasteiger partial charge in [-0.15, -0.1) is 0 Å². The second kappa shape index (κ2) is 6.13. The van der Waals surface area contributed by atoms with Crippen molar-refractivity contribution in [3.8, 4) is 17.1 Å². The summed E-state index contributed by atoms with van der Waals surface area (Å²) in [5.74, 6) is 1.68. The minimum absolute atomic E-state index is 0.628. The molecule has 2 aromatic carbocycles. The Hall–Kier alpha value is -2.60. The van der Waals surface area contributed by atoms with Crippen LogP contribution in [0.3, 0.4) is 0 Å². The number of nitrogens with one attached hydrogen (secondary N) is 1. The molecule has 0 aliphatic heterocycles. The second-order valence-electron chi connectivity index (χ2n) is 5.49. The number of halogens is 1. The Morgan fingerprint density at radius 2 is 2.08 bits per heavy atom. The number of methoxy groups -OCH3 is 1. The van der Waals surface area contributed by atoms with Crippen molar-refractivity contribution < 1.29 is 4.74 Å². The molecule has 0 amide bonds. The number of aromatic nitrogens is 4. The minimum atomic E-state index is 0.628. The predicted octanol–water partition coefficient (Wildman–Crippen LogP) is 4.25. The van der Waals surface area contributed by atoms with Gasteiger partial charge in [0.1, 0.15) is 11.6 Å². The highest BCUT2D eigenvalue weighted by Gasteiger charge is 2.10. The molecule has 4 aromatic rings. The van der Waals surface area contributed by atoms with E-state index in [1.165, 1.54) is 0 Å². The van der Waals surface area contributed by atoms with Crippen LogP contribution in [0.15, 0.2) is 59.3 Å². The standard InChI is InChI=1S/C18H15BrN4O/c1-24-17-7-6-12(8-13(17)10-23-11-14(19)9-20-23)18-21-15-4-2-3-5-16(15)22-18/h2-9,11H,10H2,1H3,(H,21,22). The van der Waals surface area contributed by atoms with Crippen LogP contribution in [0.1, 0.15) is 5.56 Å². The smallest absolute Gasteiger partial charge is 0.138 e. The van der Waals surface area contributed by atoms with Crippen molar-refractivity contribution in [1.82, 2.24) is 19.7 Å². The van der Waals surface area contributed by atoms with Crippen molar-refractivity contribution in [2.24, 2.45) is 0 Å². The average molecular weight is 383 g/mol. The van der Waals surface area contributed by atoms with Gasteiger partial charge < -0.3 is 9.72 Å². The number of nitrogens with zero attached hydrogens (tertiary/aromatic N) is 3. The number of hydrogen-bond donors (Lipinski definition) is 1. The lowest BCUT2D eigenvalue weighted by molar-refractivity contribution is 0.407. The van der Waals surface area contributed by atoms with Crippen molar-refractivity contribution >= 4 is 27.0 Å². The summed E-state index contributed by atoms with van der Waals surface area (Å²) >= 11 is 3.42. The predicted molar refractivity (Wildman–Crippen MR) is 97.1 cm³/mol. The van der Waals surface area contributed by atoms with Crippen molar-refractivity contribution in [3.63, 3.8) is 0 Å². The van der Waals surface area contributed by atoms with E-state index in [0.29, 0.717) is 6.54 Å². The maximum absolute atomic E-state index is 5.49. The molecule has 6 heteroatoms. The van der Waals surface area contributed by atoms with Crippen molar-refractivity contribution in [1.29, 1.82) is 0 Å². The number of H-pyrrole nitrogens is 1. The van der Waals surface area contributed by atoms with Gasteiger partial charge in [0.25, 0.3) is 0 Å². The monoisotopic (exact) mass is 382 g/mol. The number of imidazole rings is 1. The Balaban J connectivity index is 1.75. The summed E-state index contributed by atoms with van der Waals surface area (Å²) < 4.78 is 8.31. The Labute approximate surface area is 147 Å². The van der Waals surface area contributed by atoms with E-state index in [4.69, 9.17) is 4.74 Å². The van der Waals surface area contributed by atoms with Crippen molar-refractivity contribution in [2.75, 3.05) is 7.11 Å². The van der Waals surface area contributed by atoms with Crippen LogP contribution in [0.25, 0.3) is 22.4 Å². The fourth-order valence-electron chi connectivity index (χ4n) is 2.74. The molecular formula is C18H15BrN4O. The van der Waals surface area contributed by atoms with Gasteiger partial charge in [-0.2, -0.15) is 5.10 Å². The van der Waals surface area contributed by atoms with Gasteiger partial charge in [0, 0.05) is 17.3 Å². The van der Waals surface area contributed by atoms with Crippen LogP contribution < -0.4 is 4.74 Å². The van der Waals surface area contributed by atoms with Crippen molar-refractivity contribution in [3.05, 3.63) is 64.9 Å². The first-order chi connectivity index (χ1) is 11.7. The Bertz CT molecular complexity index is 972. The second-order valence-corrected chi connectivity index (χ2v) is 6.40. The van der Waals surface area contributed by atoms with Crippen LogP contribution in [0, 0.1) is 0 Å².